The number of carbonyl (C=O) groups excluding carboxylic acids is 1. The fraction of sp³-hybridized carbons (Fsp3) is 0.533. The van der Waals surface area contributed by atoms with Crippen molar-refractivity contribution in [2.24, 2.45) is 11.7 Å². The van der Waals surface area contributed by atoms with Crippen LogP contribution in [0.2, 0.25) is 0 Å². The van der Waals surface area contributed by atoms with Gasteiger partial charge in [-0.25, -0.2) is 4.39 Å². The number of ether oxygens (including phenoxy) is 2. The third-order valence-corrected chi connectivity index (χ3v) is 3.59. The van der Waals surface area contributed by atoms with Crippen molar-refractivity contribution in [1.82, 2.24) is 0 Å². The van der Waals surface area contributed by atoms with Crippen LogP contribution in [0.25, 0.3) is 0 Å². The summed E-state index contributed by atoms with van der Waals surface area (Å²) in [6, 6.07) is 4.13. The summed E-state index contributed by atoms with van der Waals surface area (Å²) in [7, 11) is 1.57. The summed E-state index contributed by atoms with van der Waals surface area (Å²) in [6.45, 7) is 0.752. The maximum atomic E-state index is 13.4. The Kier molecular flexibility index (Phi) is 7.58. The Balaban J connectivity index is 0.00000242. The van der Waals surface area contributed by atoms with E-state index in [1.165, 1.54) is 18.2 Å². The predicted octanol–water partition coefficient (Wildman–Crippen LogP) is 2.34. The topological polar surface area (TPSA) is 73.6 Å². The Morgan fingerprint density at radius 1 is 1.41 bits per heavy atom. The average Bonchev–Trinajstić information content (AvgIpc) is 2.88. The Morgan fingerprint density at radius 3 is 2.82 bits per heavy atom. The molecule has 7 heteroatoms. The summed E-state index contributed by atoms with van der Waals surface area (Å²) in [5.41, 5.74) is 6.16. The van der Waals surface area contributed by atoms with E-state index in [1.807, 2.05) is 0 Å². The molecular weight excluding hydrogens is 311 g/mol. The quantitative estimate of drug-likeness (QED) is 0.784. The highest BCUT2D eigenvalue weighted by atomic mass is 35.5. The normalized spacial score (nSPS) is 20.3. The van der Waals surface area contributed by atoms with Crippen molar-refractivity contribution < 1.29 is 18.7 Å². The molecule has 1 aromatic rings. The summed E-state index contributed by atoms with van der Waals surface area (Å²) in [5, 5.41) is 2.74. The molecule has 124 valence electrons. The van der Waals surface area contributed by atoms with Gasteiger partial charge in [-0.3, -0.25) is 4.79 Å². The molecule has 0 heterocycles. The Labute approximate surface area is 135 Å². The molecule has 3 N–H and O–H groups in total. The highest BCUT2D eigenvalue weighted by Gasteiger charge is 2.28. The number of rotatable bonds is 6. The van der Waals surface area contributed by atoms with Crippen LogP contribution in [-0.4, -0.2) is 32.3 Å². The third kappa shape index (κ3) is 5.12. The molecule has 1 fully saturated rings. The van der Waals surface area contributed by atoms with E-state index in [1.54, 1.807) is 7.11 Å². The highest BCUT2D eigenvalue weighted by Crippen LogP contribution is 2.29. The lowest BCUT2D eigenvalue weighted by Crippen LogP contribution is -2.23. The lowest BCUT2D eigenvalue weighted by molar-refractivity contribution is -0.119. The largest absolute Gasteiger partial charge is 0.489 e. The number of methoxy groups -OCH3 is 1. The van der Waals surface area contributed by atoms with Crippen LogP contribution >= 0.6 is 12.4 Å². The van der Waals surface area contributed by atoms with Crippen molar-refractivity contribution in [3.63, 3.8) is 0 Å². The zero-order valence-corrected chi connectivity index (χ0v) is 13.3. The van der Waals surface area contributed by atoms with Gasteiger partial charge in [0.05, 0.1) is 12.3 Å². The molecule has 1 saturated carbocycles. The second-order valence-corrected chi connectivity index (χ2v) is 5.24. The zero-order chi connectivity index (χ0) is 15.2. The Bertz CT molecular complexity index is 502. The molecule has 5 nitrogen and oxygen atoms in total. The first-order valence-electron chi connectivity index (χ1n) is 7.08. The van der Waals surface area contributed by atoms with Crippen LogP contribution in [0.4, 0.5) is 10.1 Å². The summed E-state index contributed by atoms with van der Waals surface area (Å²) in [4.78, 5) is 12.2. The highest BCUT2D eigenvalue weighted by molar-refractivity contribution is 5.94. The lowest BCUT2D eigenvalue weighted by Gasteiger charge is -2.15. The van der Waals surface area contributed by atoms with Gasteiger partial charge in [-0.2, -0.15) is 0 Å². The fourth-order valence-electron chi connectivity index (χ4n) is 2.45. The first kappa shape index (κ1) is 18.7. The van der Waals surface area contributed by atoms with E-state index in [2.05, 4.69) is 5.32 Å². The second kappa shape index (κ2) is 8.92. The minimum absolute atomic E-state index is 0. The van der Waals surface area contributed by atoms with Crippen LogP contribution in [-0.2, 0) is 9.53 Å². The van der Waals surface area contributed by atoms with Gasteiger partial charge in [0.2, 0.25) is 5.91 Å². The maximum absolute atomic E-state index is 13.4. The van der Waals surface area contributed by atoms with Gasteiger partial charge in [-0.15, -0.1) is 12.4 Å². The molecule has 1 amide bonds. The van der Waals surface area contributed by atoms with E-state index in [0.29, 0.717) is 31.1 Å². The molecule has 1 aliphatic rings. The fourth-order valence-corrected chi connectivity index (χ4v) is 2.45. The van der Waals surface area contributed by atoms with E-state index < -0.39 is 5.82 Å². The van der Waals surface area contributed by atoms with Gasteiger partial charge in [0, 0.05) is 25.1 Å². The van der Waals surface area contributed by atoms with Crippen molar-refractivity contribution in [2.75, 3.05) is 25.6 Å². The molecule has 1 aromatic carbocycles. The first-order valence-corrected chi connectivity index (χ1v) is 7.08. The van der Waals surface area contributed by atoms with E-state index in [4.69, 9.17) is 15.2 Å². The molecule has 22 heavy (non-hydrogen) atoms. The standard InChI is InChI=1S/C15H21FN2O3.ClH/c1-20-6-7-21-14-5-3-11(16)9-13(14)18-15(19)10-2-4-12(17)8-10;/h3,5,9-10,12H,2,4,6-8,17H2,1H3,(H,18,19);1H. The molecule has 0 aromatic heterocycles. The number of nitrogens with two attached hydrogens (primary N) is 1. The smallest absolute Gasteiger partial charge is 0.227 e. The van der Waals surface area contributed by atoms with Gasteiger partial charge >= 0.3 is 0 Å². The first-order chi connectivity index (χ1) is 10.1. The lowest BCUT2D eigenvalue weighted by atomic mass is 10.1. The zero-order valence-electron chi connectivity index (χ0n) is 12.5. The number of carbonyl (C=O) groups is 1. The number of benzene rings is 1. The van der Waals surface area contributed by atoms with Crippen molar-refractivity contribution in [3.05, 3.63) is 24.0 Å². The van der Waals surface area contributed by atoms with Crippen LogP contribution < -0.4 is 15.8 Å². The Hall–Kier alpha value is -1.37. The number of nitrogens with one attached hydrogen (secondary N) is 1. The minimum Gasteiger partial charge on any atom is -0.489 e. The summed E-state index contributed by atoms with van der Waals surface area (Å²) >= 11 is 0. The number of halogens is 2. The average molecular weight is 333 g/mol. The molecule has 1 aliphatic carbocycles. The van der Waals surface area contributed by atoms with E-state index >= 15 is 0 Å². The van der Waals surface area contributed by atoms with Crippen LogP contribution in [0.3, 0.4) is 0 Å². The van der Waals surface area contributed by atoms with E-state index in [9.17, 15) is 9.18 Å². The summed E-state index contributed by atoms with van der Waals surface area (Å²) in [6.07, 6.45) is 2.28. The number of hydrogen-bond donors (Lipinski definition) is 2. The molecule has 0 bridgehead atoms. The van der Waals surface area contributed by atoms with Gasteiger partial charge < -0.3 is 20.5 Å². The molecule has 0 spiro atoms. The van der Waals surface area contributed by atoms with Gasteiger partial charge in [-0.05, 0) is 31.4 Å². The van der Waals surface area contributed by atoms with Crippen LogP contribution in [0.1, 0.15) is 19.3 Å². The molecule has 2 rings (SSSR count). The molecule has 2 unspecified atom stereocenters. The molecule has 0 aliphatic heterocycles. The molecule has 0 radical (unpaired) electrons. The van der Waals surface area contributed by atoms with Crippen molar-refractivity contribution in [1.29, 1.82) is 0 Å². The Morgan fingerprint density at radius 2 is 2.18 bits per heavy atom. The molecule has 0 saturated heterocycles. The maximum Gasteiger partial charge on any atom is 0.227 e. The van der Waals surface area contributed by atoms with E-state index in [-0.39, 0.29) is 30.3 Å². The van der Waals surface area contributed by atoms with Gasteiger partial charge in [0.25, 0.3) is 0 Å². The molecular formula is C15H22ClFN2O3. The van der Waals surface area contributed by atoms with E-state index in [0.717, 1.165) is 12.8 Å². The third-order valence-electron chi connectivity index (χ3n) is 3.59. The van der Waals surface area contributed by atoms with Gasteiger partial charge in [-0.1, -0.05) is 0 Å². The van der Waals surface area contributed by atoms with Crippen LogP contribution in [0.5, 0.6) is 5.75 Å². The minimum atomic E-state index is -0.424. The summed E-state index contributed by atoms with van der Waals surface area (Å²) < 4.78 is 23.8. The van der Waals surface area contributed by atoms with Crippen molar-refractivity contribution in [2.45, 2.75) is 25.3 Å². The van der Waals surface area contributed by atoms with Crippen LogP contribution in [0.15, 0.2) is 18.2 Å². The molecule has 2 atom stereocenters. The van der Waals surface area contributed by atoms with Gasteiger partial charge in [0.15, 0.2) is 0 Å². The van der Waals surface area contributed by atoms with Crippen LogP contribution in [0, 0.1) is 11.7 Å². The van der Waals surface area contributed by atoms with Gasteiger partial charge in [0.1, 0.15) is 18.2 Å². The summed E-state index contributed by atoms with van der Waals surface area (Å²) in [5.74, 6) is -0.239. The number of amides is 1. The number of hydrogen-bond acceptors (Lipinski definition) is 4. The number of anilines is 1. The SMILES string of the molecule is COCCOc1ccc(F)cc1NC(=O)C1CCC(N)C1.Cl. The predicted molar refractivity (Wildman–Crippen MR) is 85.0 cm³/mol. The monoisotopic (exact) mass is 332 g/mol. The van der Waals surface area contributed by atoms with Crippen molar-refractivity contribution >= 4 is 24.0 Å². The van der Waals surface area contributed by atoms with Crippen molar-refractivity contribution in [3.8, 4) is 5.75 Å². The second-order valence-electron chi connectivity index (χ2n) is 5.24.